The van der Waals surface area contributed by atoms with Crippen LogP contribution in [0.2, 0.25) is 0 Å². The number of amides is 1. The van der Waals surface area contributed by atoms with Crippen LogP contribution >= 0.6 is 11.5 Å². The quantitative estimate of drug-likeness (QED) is 0.783. The number of aromatic nitrogens is 2. The minimum atomic E-state index is -0.869. The van der Waals surface area contributed by atoms with Gasteiger partial charge in [-0.1, -0.05) is 0 Å². The molecule has 0 saturated carbocycles. The first-order valence-corrected chi connectivity index (χ1v) is 9.98. The van der Waals surface area contributed by atoms with Crippen LogP contribution in [0.1, 0.15) is 19.4 Å². The zero-order valence-electron chi connectivity index (χ0n) is 16.0. The number of carboxylic acid groups (broad SMARTS) is 1. The average Bonchev–Trinajstić information content (AvgIpc) is 3.13. The lowest BCUT2D eigenvalue weighted by molar-refractivity contribution is 0.142. The van der Waals surface area contributed by atoms with Crippen LogP contribution in [0.3, 0.4) is 0 Å². The van der Waals surface area contributed by atoms with Crippen molar-refractivity contribution < 1.29 is 9.90 Å². The first-order valence-electron chi connectivity index (χ1n) is 9.21. The Balaban J connectivity index is 1.65. The predicted molar refractivity (Wildman–Crippen MR) is 110 cm³/mol. The van der Waals surface area contributed by atoms with Gasteiger partial charge >= 0.3 is 6.09 Å². The Morgan fingerprint density at radius 3 is 2.56 bits per heavy atom. The van der Waals surface area contributed by atoms with Crippen molar-refractivity contribution in [1.29, 1.82) is 0 Å². The lowest BCUT2D eigenvalue weighted by Gasteiger charge is -2.32. The van der Waals surface area contributed by atoms with Crippen LogP contribution < -0.4 is 15.1 Å². The molecule has 27 heavy (non-hydrogen) atoms. The average molecular weight is 391 g/mol. The third-order valence-corrected chi connectivity index (χ3v) is 5.45. The molecule has 9 heteroatoms. The van der Waals surface area contributed by atoms with Crippen molar-refractivity contribution in [3.63, 3.8) is 0 Å². The number of piperazine rings is 1. The molecule has 1 aliphatic rings. The summed E-state index contributed by atoms with van der Waals surface area (Å²) >= 11 is 1.32. The molecule has 0 spiro atoms. The number of nitrogens with one attached hydrogen (secondary N) is 1. The highest BCUT2D eigenvalue weighted by Crippen LogP contribution is 2.27. The van der Waals surface area contributed by atoms with Gasteiger partial charge in [-0.25, -0.2) is 4.79 Å². The van der Waals surface area contributed by atoms with Gasteiger partial charge in [-0.2, -0.15) is 9.36 Å². The summed E-state index contributed by atoms with van der Waals surface area (Å²) in [5, 5.41) is 13.1. The van der Waals surface area contributed by atoms with Crippen LogP contribution in [0, 0.1) is 6.92 Å². The van der Waals surface area contributed by atoms with Crippen molar-refractivity contribution in [1.82, 2.24) is 14.3 Å². The SMILES string of the molecule is CCN(CC)c1ccc(Nc2nc(N3CCN(C(=O)O)CC3)ns2)c(C)c1. The van der Waals surface area contributed by atoms with Gasteiger partial charge in [0.15, 0.2) is 0 Å². The Morgan fingerprint density at radius 1 is 1.26 bits per heavy atom. The smallest absolute Gasteiger partial charge is 0.407 e. The van der Waals surface area contributed by atoms with E-state index in [-0.39, 0.29) is 0 Å². The summed E-state index contributed by atoms with van der Waals surface area (Å²) in [7, 11) is 0. The highest BCUT2D eigenvalue weighted by Gasteiger charge is 2.23. The van der Waals surface area contributed by atoms with Gasteiger partial charge in [0.2, 0.25) is 11.1 Å². The second-order valence-electron chi connectivity index (χ2n) is 6.45. The van der Waals surface area contributed by atoms with Crippen LogP contribution in [-0.4, -0.2) is 64.7 Å². The number of aryl methyl sites for hydroxylation is 1. The normalized spacial score (nSPS) is 14.3. The van der Waals surface area contributed by atoms with Gasteiger partial charge in [0.25, 0.3) is 0 Å². The molecule has 1 amide bonds. The molecule has 146 valence electrons. The van der Waals surface area contributed by atoms with Crippen LogP contribution in [0.25, 0.3) is 0 Å². The van der Waals surface area contributed by atoms with Crippen molar-refractivity contribution in [3.05, 3.63) is 23.8 Å². The molecule has 3 rings (SSSR count). The molecule has 1 fully saturated rings. The molecule has 0 aliphatic carbocycles. The van der Waals surface area contributed by atoms with E-state index in [1.807, 2.05) is 4.90 Å². The van der Waals surface area contributed by atoms with Gasteiger partial charge < -0.3 is 25.1 Å². The molecule has 0 bridgehead atoms. The monoisotopic (exact) mass is 390 g/mol. The number of anilines is 4. The molecule has 1 aromatic carbocycles. The Kier molecular flexibility index (Phi) is 6.00. The van der Waals surface area contributed by atoms with Gasteiger partial charge in [-0.05, 0) is 44.5 Å². The molecule has 0 atom stereocenters. The van der Waals surface area contributed by atoms with Crippen molar-refractivity contribution in [2.24, 2.45) is 0 Å². The number of carbonyl (C=O) groups is 1. The van der Waals surface area contributed by atoms with Crippen LogP contribution in [0.4, 0.5) is 27.2 Å². The maximum absolute atomic E-state index is 11.0. The fraction of sp³-hybridized carbons (Fsp3) is 0.500. The maximum Gasteiger partial charge on any atom is 0.407 e. The third-order valence-electron chi connectivity index (χ3n) is 4.83. The van der Waals surface area contributed by atoms with Crippen LogP contribution in [-0.2, 0) is 0 Å². The number of rotatable bonds is 6. The zero-order valence-corrected chi connectivity index (χ0v) is 16.8. The number of nitrogens with zero attached hydrogens (tertiary/aromatic N) is 5. The minimum Gasteiger partial charge on any atom is -0.465 e. The molecule has 0 radical (unpaired) electrons. The van der Waals surface area contributed by atoms with Crippen LogP contribution in [0.5, 0.6) is 0 Å². The van der Waals surface area contributed by atoms with E-state index in [0.717, 1.165) is 29.5 Å². The largest absolute Gasteiger partial charge is 0.465 e. The number of hydrogen-bond donors (Lipinski definition) is 2. The highest BCUT2D eigenvalue weighted by atomic mass is 32.1. The molecule has 8 nitrogen and oxygen atoms in total. The van der Waals surface area contributed by atoms with Gasteiger partial charge in [0, 0.05) is 62.2 Å². The topological polar surface area (TPSA) is 84.8 Å². The van der Waals surface area contributed by atoms with E-state index in [4.69, 9.17) is 5.11 Å². The molecule has 1 aliphatic heterocycles. The summed E-state index contributed by atoms with van der Waals surface area (Å²) in [6, 6.07) is 6.38. The maximum atomic E-state index is 11.0. The highest BCUT2D eigenvalue weighted by molar-refractivity contribution is 7.10. The van der Waals surface area contributed by atoms with E-state index < -0.39 is 6.09 Å². The first kappa shape index (κ1) is 19.2. The Hall–Kier alpha value is -2.55. The third kappa shape index (κ3) is 4.41. The summed E-state index contributed by atoms with van der Waals surface area (Å²) in [6.45, 7) is 10.5. The van der Waals surface area contributed by atoms with Gasteiger partial charge in [-0.3, -0.25) is 0 Å². The van der Waals surface area contributed by atoms with Gasteiger partial charge in [0.1, 0.15) is 0 Å². The Labute approximate surface area is 163 Å². The summed E-state index contributed by atoms with van der Waals surface area (Å²) in [5.74, 6) is 0.657. The second kappa shape index (κ2) is 8.43. The fourth-order valence-corrected chi connectivity index (χ4v) is 3.78. The van der Waals surface area contributed by atoms with Crippen LogP contribution in [0.15, 0.2) is 18.2 Å². The molecule has 2 heterocycles. The number of benzene rings is 1. The summed E-state index contributed by atoms with van der Waals surface area (Å²) in [5.41, 5.74) is 3.40. The molecule has 1 saturated heterocycles. The fourth-order valence-electron chi connectivity index (χ4n) is 3.18. The van der Waals surface area contributed by atoms with Gasteiger partial charge in [-0.15, -0.1) is 0 Å². The van der Waals surface area contributed by atoms with E-state index in [1.165, 1.54) is 22.1 Å². The summed E-state index contributed by atoms with van der Waals surface area (Å²) in [6.07, 6.45) is -0.869. The van der Waals surface area contributed by atoms with E-state index in [9.17, 15) is 4.79 Å². The Bertz CT molecular complexity index is 784. The first-order chi connectivity index (χ1) is 13.0. The van der Waals surface area contributed by atoms with Crippen molar-refractivity contribution in [2.75, 3.05) is 54.4 Å². The van der Waals surface area contributed by atoms with Gasteiger partial charge in [0.05, 0.1) is 0 Å². The molecular formula is C18H26N6O2S. The summed E-state index contributed by atoms with van der Waals surface area (Å²) in [4.78, 5) is 21.3. The minimum absolute atomic E-state index is 0.475. The van der Waals surface area contributed by atoms with E-state index >= 15 is 0 Å². The molecule has 1 aromatic heterocycles. The lowest BCUT2D eigenvalue weighted by Crippen LogP contribution is -2.48. The molecule has 2 N–H and O–H groups in total. The standard InChI is InChI=1S/C18H26N6O2S/c1-4-22(5-2)14-6-7-15(13(3)12-14)19-17-20-16(21-27-17)23-8-10-24(11-9-23)18(25)26/h6-7,12H,4-5,8-11H2,1-3H3,(H,25,26)(H,19,20,21). The predicted octanol–water partition coefficient (Wildman–Crippen LogP) is 3.24. The lowest BCUT2D eigenvalue weighted by atomic mass is 10.1. The summed E-state index contributed by atoms with van der Waals surface area (Å²) < 4.78 is 4.43. The molecular weight excluding hydrogens is 364 g/mol. The molecule has 0 unspecified atom stereocenters. The van der Waals surface area contributed by atoms with E-state index in [2.05, 4.69) is 58.5 Å². The second-order valence-corrected chi connectivity index (χ2v) is 7.20. The van der Waals surface area contributed by atoms with E-state index in [1.54, 1.807) is 0 Å². The van der Waals surface area contributed by atoms with Crippen molar-refractivity contribution >= 4 is 40.1 Å². The zero-order chi connectivity index (χ0) is 19.4. The van der Waals surface area contributed by atoms with Crippen molar-refractivity contribution in [3.8, 4) is 0 Å². The molecule has 2 aromatic rings. The van der Waals surface area contributed by atoms with E-state index in [0.29, 0.717) is 32.1 Å². The Morgan fingerprint density at radius 2 is 1.96 bits per heavy atom. The number of hydrogen-bond acceptors (Lipinski definition) is 7. The van der Waals surface area contributed by atoms with Crippen molar-refractivity contribution in [2.45, 2.75) is 20.8 Å².